The Morgan fingerprint density at radius 2 is 1.09 bits per heavy atom. The van der Waals surface area contributed by atoms with E-state index in [2.05, 4.69) is 121 Å². The van der Waals surface area contributed by atoms with E-state index < -0.39 is 0 Å². The monoisotopic (exact) mass is 444 g/mol. The molecule has 0 radical (unpaired) electrons. The summed E-state index contributed by atoms with van der Waals surface area (Å²) in [6.45, 7) is 0. The number of rotatable bonds is 1. The molecule has 0 bridgehead atoms. The van der Waals surface area contributed by atoms with Crippen LogP contribution in [-0.2, 0) is 0 Å². The van der Waals surface area contributed by atoms with Gasteiger partial charge in [-0.05, 0) is 90.8 Å². The van der Waals surface area contributed by atoms with Crippen molar-refractivity contribution >= 4 is 43.1 Å². The number of ether oxygens (including phenoxy) is 1. The quantitative estimate of drug-likeness (QED) is 0.181. The molecule has 0 fully saturated rings. The van der Waals surface area contributed by atoms with Crippen molar-refractivity contribution in [2.24, 2.45) is 0 Å². The molecule has 0 spiro atoms. The molecule has 1 nitrogen and oxygen atoms in total. The highest BCUT2D eigenvalue weighted by atomic mass is 16.5. The summed E-state index contributed by atoms with van der Waals surface area (Å²) >= 11 is 0. The fourth-order valence-electron chi connectivity index (χ4n) is 5.68. The van der Waals surface area contributed by atoms with E-state index in [4.69, 9.17) is 4.74 Å². The molecule has 7 aromatic rings. The van der Waals surface area contributed by atoms with Crippen LogP contribution < -0.4 is 4.74 Å². The normalized spacial score (nSPS) is 12.2. The molecule has 0 atom stereocenters. The first-order chi connectivity index (χ1) is 17.3. The Bertz CT molecular complexity index is 1970. The largest absolute Gasteiger partial charge is 0.456 e. The summed E-state index contributed by atoms with van der Waals surface area (Å²) in [6.07, 6.45) is 0. The Kier molecular flexibility index (Phi) is 3.72. The molecule has 35 heavy (non-hydrogen) atoms. The average molecular weight is 445 g/mol. The van der Waals surface area contributed by atoms with E-state index in [9.17, 15) is 0 Å². The summed E-state index contributed by atoms with van der Waals surface area (Å²) in [6, 6.07) is 43.8. The van der Waals surface area contributed by atoms with Gasteiger partial charge >= 0.3 is 0 Å². The summed E-state index contributed by atoms with van der Waals surface area (Å²) < 4.78 is 6.29. The van der Waals surface area contributed by atoms with E-state index >= 15 is 0 Å². The summed E-state index contributed by atoms with van der Waals surface area (Å²) in [4.78, 5) is 0. The van der Waals surface area contributed by atoms with Crippen LogP contribution in [0.15, 0.2) is 121 Å². The van der Waals surface area contributed by atoms with Crippen LogP contribution in [-0.4, -0.2) is 0 Å². The van der Waals surface area contributed by atoms with Gasteiger partial charge < -0.3 is 4.74 Å². The van der Waals surface area contributed by atoms with Crippen molar-refractivity contribution in [3.63, 3.8) is 0 Å². The van der Waals surface area contributed by atoms with Crippen molar-refractivity contribution in [2.45, 2.75) is 0 Å². The van der Waals surface area contributed by atoms with Crippen LogP contribution in [0.3, 0.4) is 0 Å². The average Bonchev–Trinajstić information content (AvgIpc) is 2.92. The Balaban J connectivity index is 1.30. The number of fused-ring (bicyclic) bond motifs is 6. The third-order valence-corrected chi connectivity index (χ3v) is 7.39. The van der Waals surface area contributed by atoms with E-state index in [1.807, 2.05) is 0 Å². The highest BCUT2D eigenvalue weighted by molar-refractivity contribution is 6.13. The van der Waals surface area contributed by atoms with Gasteiger partial charge in [0.1, 0.15) is 11.5 Å². The van der Waals surface area contributed by atoms with Crippen LogP contribution in [0.25, 0.3) is 65.3 Å². The van der Waals surface area contributed by atoms with E-state index in [0.717, 1.165) is 17.1 Å². The highest BCUT2D eigenvalue weighted by Gasteiger charge is 2.20. The van der Waals surface area contributed by atoms with Gasteiger partial charge in [0.2, 0.25) is 0 Å². The van der Waals surface area contributed by atoms with E-state index in [1.165, 1.54) is 59.8 Å². The first-order valence-electron chi connectivity index (χ1n) is 12.0. The van der Waals surface area contributed by atoms with Gasteiger partial charge in [-0.25, -0.2) is 0 Å². The summed E-state index contributed by atoms with van der Waals surface area (Å²) in [5.41, 5.74) is 4.80. The Morgan fingerprint density at radius 3 is 1.97 bits per heavy atom. The van der Waals surface area contributed by atoms with E-state index in [1.54, 1.807) is 0 Å². The van der Waals surface area contributed by atoms with Crippen molar-refractivity contribution in [1.29, 1.82) is 0 Å². The molecule has 0 aliphatic carbocycles. The predicted molar refractivity (Wildman–Crippen MR) is 147 cm³/mol. The zero-order chi connectivity index (χ0) is 22.9. The third kappa shape index (κ3) is 2.76. The Labute approximate surface area is 202 Å². The molecule has 1 heterocycles. The lowest BCUT2D eigenvalue weighted by Gasteiger charge is -2.22. The molecule has 1 aliphatic heterocycles. The second-order valence-electron chi connectivity index (χ2n) is 9.39. The molecular formula is C34H20O. The first-order valence-corrected chi connectivity index (χ1v) is 12.0. The molecule has 0 N–H and O–H groups in total. The summed E-state index contributed by atoms with van der Waals surface area (Å²) in [5, 5.41) is 10.1. The molecule has 0 unspecified atom stereocenters. The van der Waals surface area contributed by atoms with Gasteiger partial charge in [-0.15, -0.1) is 0 Å². The molecule has 1 aliphatic rings. The van der Waals surface area contributed by atoms with Crippen LogP contribution in [0.4, 0.5) is 0 Å². The molecule has 8 rings (SSSR count). The number of hydrogen-bond acceptors (Lipinski definition) is 1. The number of benzene rings is 7. The molecule has 1 heteroatoms. The Hall–Kier alpha value is -4.62. The summed E-state index contributed by atoms with van der Waals surface area (Å²) in [5.74, 6) is 1.85. The molecule has 0 saturated carbocycles. The molecule has 7 aromatic carbocycles. The third-order valence-electron chi connectivity index (χ3n) is 7.39. The molecule has 0 amide bonds. The van der Waals surface area contributed by atoms with Gasteiger partial charge in [0.05, 0.1) is 0 Å². The van der Waals surface area contributed by atoms with Gasteiger partial charge in [0.15, 0.2) is 0 Å². The molecule has 0 aromatic heterocycles. The maximum Gasteiger partial charge on any atom is 0.135 e. The maximum atomic E-state index is 6.29. The lowest BCUT2D eigenvalue weighted by atomic mass is 9.91. The summed E-state index contributed by atoms with van der Waals surface area (Å²) in [7, 11) is 0. The van der Waals surface area contributed by atoms with E-state index in [0.29, 0.717) is 0 Å². The van der Waals surface area contributed by atoms with Crippen LogP contribution >= 0.6 is 0 Å². The van der Waals surface area contributed by atoms with E-state index in [-0.39, 0.29) is 0 Å². The highest BCUT2D eigenvalue weighted by Crippen LogP contribution is 2.47. The van der Waals surface area contributed by atoms with Crippen LogP contribution in [0.5, 0.6) is 11.5 Å². The lowest BCUT2D eigenvalue weighted by Crippen LogP contribution is -1.97. The Morgan fingerprint density at radius 1 is 0.371 bits per heavy atom. The van der Waals surface area contributed by atoms with Crippen LogP contribution in [0, 0.1) is 0 Å². The minimum absolute atomic E-state index is 0.915. The fourth-order valence-corrected chi connectivity index (χ4v) is 5.68. The maximum absolute atomic E-state index is 6.29. The lowest BCUT2D eigenvalue weighted by molar-refractivity contribution is 0.487. The fraction of sp³-hybridized carbons (Fsp3) is 0. The second kappa shape index (κ2) is 6.94. The van der Waals surface area contributed by atoms with Crippen LogP contribution in [0.1, 0.15) is 0 Å². The van der Waals surface area contributed by atoms with Gasteiger partial charge in [-0.3, -0.25) is 0 Å². The van der Waals surface area contributed by atoms with Crippen molar-refractivity contribution in [3.05, 3.63) is 121 Å². The van der Waals surface area contributed by atoms with Crippen molar-refractivity contribution in [1.82, 2.24) is 0 Å². The standard InChI is InChI=1S/C34H20O/c1-2-6-23-19-30-27(17-22(23)5-1)12-11-26-18-24(13-15-28(26)30)25-14-16-32-31(20-25)29-9-3-7-21-8-4-10-33(35-32)34(21)29/h1-20H. The van der Waals surface area contributed by atoms with Gasteiger partial charge in [-0.1, -0.05) is 84.9 Å². The van der Waals surface area contributed by atoms with Crippen molar-refractivity contribution < 1.29 is 4.74 Å². The minimum atomic E-state index is 0.915. The van der Waals surface area contributed by atoms with Gasteiger partial charge in [0.25, 0.3) is 0 Å². The van der Waals surface area contributed by atoms with Crippen molar-refractivity contribution in [2.75, 3.05) is 0 Å². The predicted octanol–water partition coefficient (Wildman–Crippen LogP) is 9.74. The smallest absolute Gasteiger partial charge is 0.135 e. The van der Waals surface area contributed by atoms with Crippen molar-refractivity contribution in [3.8, 4) is 33.8 Å². The molecule has 0 saturated heterocycles. The SMILES string of the molecule is c1ccc2cc3c(ccc4cc(-c5ccc6c(c5)-c5cccc7cccc(c57)O6)ccc43)cc2c1. The molecule has 162 valence electrons. The van der Waals surface area contributed by atoms with Crippen LogP contribution in [0.2, 0.25) is 0 Å². The number of hydrogen-bond donors (Lipinski definition) is 0. The topological polar surface area (TPSA) is 9.23 Å². The van der Waals surface area contributed by atoms with Gasteiger partial charge in [0, 0.05) is 10.9 Å². The van der Waals surface area contributed by atoms with Gasteiger partial charge in [-0.2, -0.15) is 0 Å². The first kappa shape index (κ1) is 18.8. The second-order valence-corrected chi connectivity index (χ2v) is 9.39. The zero-order valence-electron chi connectivity index (χ0n) is 19.0. The minimum Gasteiger partial charge on any atom is -0.456 e. The molecular weight excluding hydrogens is 424 g/mol. The zero-order valence-corrected chi connectivity index (χ0v) is 19.0.